The molecule has 2 aliphatic rings. The first-order valence-corrected chi connectivity index (χ1v) is 9.67. The molecule has 2 unspecified atom stereocenters. The van der Waals surface area contributed by atoms with Crippen LogP contribution in [-0.2, 0) is 10.0 Å². The van der Waals surface area contributed by atoms with Crippen LogP contribution in [0.25, 0.3) is 0 Å². The van der Waals surface area contributed by atoms with Crippen molar-refractivity contribution >= 4 is 10.0 Å². The second kappa shape index (κ2) is 6.14. The van der Waals surface area contributed by atoms with Crippen molar-refractivity contribution in [3.63, 3.8) is 0 Å². The van der Waals surface area contributed by atoms with Crippen molar-refractivity contribution < 1.29 is 17.2 Å². The maximum atomic E-state index is 13.5. The summed E-state index contributed by atoms with van der Waals surface area (Å²) in [5.41, 5.74) is 0. The molecule has 9 heteroatoms. The summed E-state index contributed by atoms with van der Waals surface area (Å²) in [6.45, 7) is -0.508. The quantitative estimate of drug-likeness (QED) is 0.877. The van der Waals surface area contributed by atoms with Crippen LogP contribution in [-0.4, -0.2) is 47.7 Å². The summed E-state index contributed by atoms with van der Waals surface area (Å²) in [5, 5.41) is 7.02. The molecule has 1 aromatic carbocycles. The fraction of sp³-hybridized carbons (Fsp3) is 0.500. The molecule has 2 heterocycles. The van der Waals surface area contributed by atoms with Gasteiger partial charge in [-0.2, -0.15) is 9.40 Å². The third kappa shape index (κ3) is 3.06. The molecule has 25 heavy (non-hydrogen) atoms. The monoisotopic (exact) mass is 368 g/mol. The van der Waals surface area contributed by atoms with E-state index in [4.69, 9.17) is 0 Å². The SMILES string of the molecule is O=S(=O)(c1cccc(F)c1)N1CC(CF)C(c2nc(C3CC3)n[nH]2)C1. The van der Waals surface area contributed by atoms with E-state index in [1.54, 1.807) is 0 Å². The summed E-state index contributed by atoms with van der Waals surface area (Å²) < 4.78 is 53.6. The molecule has 1 N–H and O–H groups in total. The van der Waals surface area contributed by atoms with E-state index in [1.807, 2.05) is 0 Å². The highest BCUT2D eigenvalue weighted by Gasteiger charge is 2.42. The third-order valence-electron chi connectivity index (χ3n) is 4.85. The molecule has 1 aliphatic carbocycles. The molecule has 2 aromatic rings. The molecular weight excluding hydrogens is 350 g/mol. The van der Waals surface area contributed by atoms with Crippen molar-refractivity contribution in [1.82, 2.24) is 19.5 Å². The number of H-pyrrole nitrogens is 1. The fourth-order valence-corrected chi connectivity index (χ4v) is 4.80. The van der Waals surface area contributed by atoms with Crippen LogP contribution in [0.5, 0.6) is 0 Å². The van der Waals surface area contributed by atoms with E-state index in [1.165, 1.54) is 22.5 Å². The minimum Gasteiger partial charge on any atom is -0.263 e. The maximum absolute atomic E-state index is 13.5. The molecule has 6 nitrogen and oxygen atoms in total. The predicted octanol–water partition coefficient (Wildman–Crippen LogP) is 2.20. The van der Waals surface area contributed by atoms with Crippen LogP contribution >= 0.6 is 0 Å². The van der Waals surface area contributed by atoms with Crippen LogP contribution in [0.4, 0.5) is 8.78 Å². The lowest BCUT2D eigenvalue weighted by Gasteiger charge is -2.16. The predicted molar refractivity (Wildman–Crippen MR) is 85.7 cm³/mol. The van der Waals surface area contributed by atoms with Gasteiger partial charge in [0.15, 0.2) is 5.82 Å². The number of benzene rings is 1. The Labute approximate surface area is 144 Å². The summed E-state index contributed by atoms with van der Waals surface area (Å²) in [5.74, 6) is 0.114. The fourth-order valence-electron chi connectivity index (χ4n) is 3.25. The Bertz CT molecular complexity index is 882. The van der Waals surface area contributed by atoms with Crippen molar-refractivity contribution in [3.05, 3.63) is 41.7 Å². The van der Waals surface area contributed by atoms with Crippen molar-refractivity contribution in [1.29, 1.82) is 0 Å². The van der Waals surface area contributed by atoms with E-state index in [9.17, 15) is 17.2 Å². The lowest BCUT2D eigenvalue weighted by molar-refractivity contribution is 0.346. The molecule has 0 amide bonds. The van der Waals surface area contributed by atoms with Crippen molar-refractivity contribution in [3.8, 4) is 0 Å². The number of hydrogen-bond donors (Lipinski definition) is 1. The van der Waals surface area contributed by atoms with E-state index in [0.29, 0.717) is 11.7 Å². The Morgan fingerprint density at radius 2 is 2.08 bits per heavy atom. The molecule has 4 rings (SSSR count). The van der Waals surface area contributed by atoms with Gasteiger partial charge in [0.05, 0.1) is 11.6 Å². The van der Waals surface area contributed by atoms with Crippen molar-refractivity contribution in [2.24, 2.45) is 5.92 Å². The van der Waals surface area contributed by atoms with Gasteiger partial charge in [0.2, 0.25) is 10.0 Å². The van der Waals surface area contributed by atoms with Crippen LogP contribution in [0.3, 0.4) is 0 Å². The maximum Gasteiger partial charge on any atom is 0.243 e. The van der Waals surface area contributed by atoms with Crippen molar-refractivity contribution in [2.75, 3.05) is 19.8 Å². The number of halogens is 2. The highest BCUT2D eigenvalue weighted by Crippen LogP contribution is 2.40. The number of alkyl halides is 1. The van der Waals surface area contributed by atoms with Gasteiger partial charge >= 0.3 is 0 Å². The first-order valence-electron chi connectivity index (χ1n) is 8.23. The molecule has 1 saturated carbocycles. The Morgan fingerprint density at radius 3 is 2.76 bits per heavy atom. The van der Waals surface area contributed by atoms with E-state index >= 15 is 0 Å². The van der Waals surface area contributed by atoms with Crippen LogP contribution < -0.4 is 0 Å². The van der Waals surface area contributed by atoms with Gasteiger partial charge in [-0.05, 0) is 31.0 Å². The first-order chi connectivity index (χ1) is 12.0. The average molecular weight is 368 g/mol. The van der Waals surface area contributed by atoms with E-state index < -0.39 is 28.4 Å². The first kappa shape index (κ1) is 16.6. The molecular formula is C16H18F2N4O2S. The number of aromatic amines is 1. The summed E-state index contributed by atoms with van der Waals surface area (Å²) in [6, 6.07) is 4.85. The summed E-state index contributed by atoms with van der Waals surface area (Å²) >= 11 is 0. The highest BCUT2D eigenvalue weighted by atomic mass is 32.2. The Hall–Kier alpha value is -1.87. The lowest BCUT2D eigenvalue weighted by atomic mass is 9.97. The zero-order valence-corrected chi connectivity index (χ0v) is 14.2. The molecule has 1 aliphatic heterocycles. The second-order valence-electron chi connectivity index (χ2n) is 6.65. The normalized spacial score (nSPS) is 24.7. The third-order valence-corrected chi connectivity index (χ3v) is 6.68. The van der Waals surface area contributed by atoms with Gasteiger partial charge in [0, 0.05) is 30.8 Å². The Morgan fingerprint density at radius 1 is 1.28 bits per heavy atom. The van der Waals surface area contributed by atoms with Gasteiger partial charge in [-0.1, -0.05) is 6.07 Å². The van der Waals surface area contributed by atoms with E-state index in [0.717, 1.165) is 24.7 Å². The van der Waals surface area contributed by atoms with E-state index in [2.05, 4.69) is 15.2 Å². The molecule has 2 atom stereocenters. The largest absolute Gasteiger partial charge is 0.263 e. The highest BCUT2D eigenvalue weighted by molar-refractivity contribution is 7.89. The molecule has 0 spiro atoms. The summed E-state index contributed by atoms with van der Waals surface area (Å²) in [7, 11) is -3.88. The van der Waals surface area contributed by atoms with Crippen LogP contribution in [0.1, 0.15) is 36.3 Å². The molecule has 1 saturated heterocycles. The molecule has 0 radical (unpaired) electrons. The van der Waals surface area contributed by atoms with Crippen LogP contribution in [0.15, 0.2) is 29.2 Å². The standard InChI is InChI=1S/C16H18F2N4O2S/c17-7-11-8-22(25(23,24)13-3-1-2-12(18)6-13)9-14(11)16-19-15(20-21-16)10-4-5-10/h1-3,6,10-11,14H,4-5,7-9H2,(H,19,20,21). The number of sulfonamides is 1. The number of hydrogen-bond acceptors (Lipinski definition) is 4. The Balaban J connectivity index is 1.59. The smallest absolute Gasteiger partial charge is 0.243 e. The van der Waals surface area contributed by atoms with Gasteiger partial charge in [0.25, 0.3) is 0 Å². The summed E-state index contributed by atoms with van der Waals surface area (Å²) in [4.78, 5) is 4.32. The number of rotatable bonds is 5. The van der Waals surface area contributed by atoms with Gasteiger partial charge in [0.1, 0.15) is 11.6 Å². The topological polar surface area (TPSA) is 79.0 Å². The zero-order chi connectivity index (χ0) is 17.6. The van der Waals surface area contributed by atoms with Crippen LogP contribution in [0, 0.1) is 11.7 Å². The molecule has 1 aromatic heterocycles. The molecule has 0 bridgehead atoms. The number of nitrogens with zero attached hydrogens (tertiary/aromatic N) is 3. The average Bonchev–Trinajstić information content (AvgIpc) is 3.17. The van der Waals surface area contributed by atoms with Crippen molar-refractivity contribution in [2.45, 2.75) is 29.6 Å². The minimum absolute atomic E-state index is 0.0411. The number of aromatic nitrogens is 3. The lowest BCUT2D eigenvalue weighted by Crippen LogP contribution is -2.29. The zero-order valence-electron chi connectivity index (χ0n) is 13.4. The minimum atomic E-state index is -3.88. The number of nitrogens with one attached hydrogen (secondary N) is 1. The van der Waals surface area contributed by atoms with E-state index in [-0.39, 0.29) is 23.9 Å². The van der Waals surface area contributed by atoms with Gasteiger partial charge < -0.3 is 0 Å². The molecule has 2 fully saturated rings. The second-order valence-corrected chi connectivity index (χ2v) is 8.59. The van der Waals surface area contributed by atoms with Crippen LogP contribution in [0.2, 0.25) is 0 Å². The van der Waals surface area contributed by atoms with Gasteiger partial charge in [-0.15, -0.1) is 0 Å². The van der Waals surface area contributed by atoms with Gasteiger partial charge in [-0.25, -0.2) is 17.8 Å². The van der Waals surface area contributed by atoms with Gasteiger partial charge in [-0.3, -0.25) is 9.49 Å². The molecule has 134 valence electrons. The summed E-state index contributed by atoms with van der Waals surface area (Å²) in [6.07, 6.45) is 2.10. The Kier molecular flexibility index (Phi) is 4.07.